The number of rotatable bonds is 2. The van der Waals surface area contributed by atoms with Gasteiger partial charge in [-0.2, -0.15) is 4.52 Å². The molecule has 0 aromatic carbocycles. The number of pyridine rings is 3. The number of nitrogen functional groups attached to an aromatic ring is 1. The van der Waals surface area contributed by atoms with Gasteiger partial charge in [-0.1, -0.05) is 23.7 Å². The van der Waals surface area contributed by atoms with Crippen LogP contribution >= 0.6 is 11.6 Å². The van der Waals surface area contributed by atoms with Crippen LogP contribution in [-0.2, 0) is 0 Å². The second-order valence-electron chi connectivity index (χ2n) is 4.93. The molecule has 0 radical (unpaired) electrons. The summed E-state index contributed by atoms with van der Waals surface area (Å²) < 4.78 is 1.58. The monoisotopic (exact) mass is 322 g/mol. The number of hydrogen-bond donors (Lipinski definition) is 1. The molecule has 0 aliphatic carbocycles. The normalized spacial score (nSPS) is 11.0. The van der Waals surface area contributed by atoms with Crippen LogP contribution < -0.4 is 5.73 Å². The van der Waals surface area contributed by atoms with Gasteiger partial charge in [0.05, 0.1) is 5.69 Å². The fourth-order valence-corrected chi connectivity index (χ4v) is 2.49. The first-order chi connectivity index (χ1) is 11.2. The number of fused-ring (bicyclic) bond motifs is 1. The number of anilines is 1. The van der Waals surface area contributed by atoms with E-state index in [1.807, 2.05) is 36.4 Å². The van der Waals surface area contributed by atoms with Crippen molar-refractivity contribution in [1.82, 2.24) is 24.6 Å². The van der Waals surface area contributed by atoms with Crippen molar-refractivity contribution < 1.29 is 0 Å². The van der Waals surface area contributed by atoms with E-state index in [9.17, 15) is 0 Å². The molecule has 7 heteroatoms. The van der Waals surface area contributed by atoms with E-state index in [4.69, 9.17) is 17.3 Å². The van der Waals surface area contributed by atoms with Gasteiger partial charge >= 0.3 is 0 Å². The molecule has 4 heterocycles. The third-order valence-corrected chi connectivity index (χ3v) is 3.58. The number of halogens is 1. The maximum Gasteiger partial charge on any atom is 0.200 e. The predicted molar refractivity (Wildman–Crippen MR) is 88.9 cm³/mol. The van der Waals surface area contributed by atoms with Crippen LogP contribution in [0.15, 0.2) is 54.7 Å². The van der Waals surface area contributed by atoms with Crippen molar-refractivity contribution in [2.45, 2.75) is 0 Å². The molecule has 4 aromatic rings. The van der Waals surface area contributed by atoms with Gasteiger partial charge in [-0.3, -0.25) is 4.98 Å². The smallest absolute Gasteiger partial charge is 0.200 e. The summed E-state index contributed by atoms with van der Waals surface area (Å²) in [5.41, 5.74) is 8.98. The summed E-state index contributed by atoms with van der Waals surface area (Å²) in [5, 5.41) is 4.83. The van der Waals surface area contributed by atoms with Crippen molar-refractivity contribution in [3.05, 3.63) is 59.9 Å². The van der Waals surface area contributed by atoms with Crippen LogP contribution in [0.25, 0.3) is 28.4 Å². The molecule has 0 saturated heterocycles. The lowest BCUT2D eigenvalue weighted by molar-refractivity contribution is 0.974. The molecule has 2 N–H and O–H groups in total. The fraction of sp³-hybridized carbons (Fsp3) is 0. The van der Waals surface area contributed by atoms with Gasteiger partial charge in [-0.25, -0.2) is 9.97 Å². The molecule has 4 aromatic heterocycles. The highest BCUT2D eigenvalue weighted by Gasteiger charge is 2.11. The quantitative estimate of drug-likeness (QED) is 0.573. The molecule has 4 rings (SSSR count). The summed E-state index contributed by atoms with van der Waals surface area (Å²) in [4.78, 5) is 13.1. The molecule has 0 unspecified atom stereocenters. The van der Waals surface area contributed by atoms with Crippen molar-refractivity contribution in [1.29, 1.82) is 0 Å². The Hall–Kier alpha value is -2.99. The van der Waals surface area contributed by atoms with E-state index in [2.05, 4.69) is 20.1 Å². The number of nitrogens with zero attached hydrogens (tertiary/aromatic N) is 5. The first-order valence-electron chi connectivity index (χ1n) is 6.91. The Morgan fingerprint density at radius 1 is 0.957 bits per heavy atom. The Balaban J connectivity index is 1.88. The van der Waals surface area contributed by atoms with Crippen molar-refractivity contribution in [2.24, 2.45) is 0 Å². The van der Waals surface area contributed by atoms with Crippen LogP contribution in [0.1, 0.15) is 0 Å². The third kappa shape index (κ3) is 2.49. The zero-order valence-corrected chi connectivity index (χ0v) is 12.6. The van der Waals surface area contributed by atoms with E-state index in [-0.39, 0.29) is 0 Å². The van der Waals surface area contributed by atoms with Gasteiger partial charge in [-0.05, 0) is 36.4 Å². The van der Waals surface area contributed by atoms with Crippen molar-refractivity contribution in [2.75, 3.05) is 5.73 Å². The van der Waals surface area contributed by atoms with Gasteiger partial charge in [0.1, 0.15) is 16.7 Å². The number of nitrogens with two attached hydrogens (primary N) is 1. The predicted octanol–water partition coefficient (Wildman–Crippen LogP) is 3.09. The first-order valence-corrected chi connectivity index (χ1v) is 7.29. The zero-order valence-electron chi connectivity index (χ0n) is 11.9. The third-order valence-electron chi connectivity index (χ3n) is 3.37. The molecule has 6 nitrogen and oxygen atoms in total. The minimum atomic E-state index is 0.427. The molecular formula is C16H11ClN6. The first kappa shape index (κ1) is 13.7. The molecule has 0 aliphatic heterocycles. The standard InChI is InChI=1S/C16H11ClN6/c17-13-6-3-5-11(20-13)10-8-14(18)23-15(9-10)21-16(22-23)12-4-1-2-7-19-12/h1-9H,18H2. The van der Waals surface area contributed by atoms with Gasteiger partial charge in [0.2, 0.25) is 5.82 Å². The van der Waals surface area contributed by atoms with Gasteiger partial charge in [0, 0.05) is 11.8 Å². The van der Waals surface area contributed by atoms with Crippen LogP contribution in [0.4, 0.5) is 5.82 Å². The lowest BCUT2D eigenvalue weighted by Crippen LogP contribution is -1.99. The van der Waals surface area contributed by atoms with Crippen molar-refractivity contribution in [3.8, 4) is 22.8 Å². The minimum absolute atomic E-state index is 0.427. The molecule has 0 amide bonds. The summed E-state index contributed by atoms with van der Waals surface area (Å²) >= 11 is 5.95. The zero-order chi connectivity index (χ0) is 15.8. The van der Waals surface area contributed by atoms with Crippen molar-refractivity contribution in [3.63, 3.8) is 0 Å². The van der Waals surface area contributed by atoms with Crippen LogP contribution in [0.2, 0.25) is 5.15 Å². The topological polar surface area (TPSA) is 82.0 Å². The summed E-state index contributed by atoms with van der Waals surface area (Å²) in [7, 11) is 0. The van der Waals surface area contributed by atoms with E-state index in [1.165, 1.54) is 0 Å². The summed E-state index contributed by atoms with van der Waals surface area (Å²) in [6.45, 7) is 0. The largest absolute Gasteiger partial charge is 0.384 e. The van der Waals surface area contributed by atoms with Gasteiger partial charge in [-0.15, -0.1) is 5.10 Å². The van der Waals surface area contributed by atoms with Crippen LogP contribution in [0.3, 0.4) is 0 Å². The van der Waals surface area contributed by atoms with Gasteiger partial charge in [0.25, 0.3) is 0 Å². The minimum Gasteiger partial charge on any atom is -0.384 e. The van der Waals surface area contributed by atoms with E-state index in [0.717, 1.165) is 11.3 Å². The molecule has 23 heavy (non-hydrogen) atoms. The van der Waals surface area contributed by atoms with E-state index in [0.29, 0.717) is 28.1 Å². The van der Waals surface area contributed by atoms with E-state index in [1.54, 1.807) is 22.8 Å². The molecule has 0 fully saturated rings. The van der Waals surface area contributed by atoms with E-state index < -0.39 is 0 Å². The lowest BCUT2D eigenvalue weighted by Gasteiger charge is -2.04. The van der Waals surface area contributed by atoms with Crippen molar-refractivity contribution >= 4 is 23.1 Å². The summed E-state index contributed by atoms with van der Waals surface area (Å²) in [6.07, 6.45) is 1.70. The van der Waals surface area contributed by atoms with Crippen LogP contribution in [0.5, 0.6) is 0 Å². The maximum atomic E-state index is 6.10. The Labute approximate surface area is 136 Å². The second kappa shape index (κ2) is 5.33. The van der Waals surface area contributed by atoms with Gasteiger partial charge in [0.15, 0.2) is 5.65 Å². The number of aromatic nitrogens is 5. The Kier molecular flexibility index (Phi) is 3.17. The number of hydrogen-bond acceptors (Lipinski definition) is 5. The highest BCUT2D eigenvalue weighted by atomic mass is 35.5. The van der Waals surface area contributed by atoms with E-state index >= 15 is 0 Å². The van der Waals surface area contributed by atoms with Crippen LogP contribution in [0, 0.1) is 0 Å². The molecule has 112 valence electrons. The summed E-state index contributed by atoms with van der Waals surface area (Å²) in [6, 6.07) is 14.7. The lowest BCUT2D eigenvalue weighted by atomic mass is 10.1. The second-order valence-corrected chi connectivity index (χ2v) is 5.32. The Bertz CT molecular complexity index is 996. The average molecular weight is 323 g/mol. The highest BCUT2D eigenvalue weighted by molar-refractivity contribution is 6.29. The van der Waals surface area contributed by atoms with Gasteiger partial charge < -0.3 is 5.73 Å². The molecule has 0 spiro atoms. The SMILES string of the molecule is Nc1cc(-c2cccc(Cl)n2)cc2nc(-c3ccccn3)nn12. The Morgan fingerprint density at radius 3 is 2.61 bits per heavy atom. The maximum absolute atomic E-state index is 6.10. The molecule has 0 saturated carbocycles. The fourth-order valence-electron chi connectivity index (χ4n) is 2.33. The molecule has 0 atom stereocenters. The molecule has 0 aliphatic rings. The van der Waals surface area contributed by atoms with Crippen LogP contribution in [-0.4, -0.2) is 24.6 Å². The average Bonchev–Trinajstić information content (AvgIpc) is 3.00. The molecule has 0 bridgehead atoms. The highest BCUT2D eigenvalue weighted by Crippen LogP contribution is 2.24. The molecular weight excluding hydrogens is 312 g/mol. The summed E-state index contributed by atoms with van der Waals surface area (Å²) in [5.74, 6) is 0.988. The Morgan fingerprint density at radius 2 is 1.83 bits per heavy atom.